The van der Waals surface area contributed by atoms with Gasteiger partial charge in [0.15, 0.2) is 5.82 Å². The van der Waals surface area contributed by atoms with Gasteiger partial charge in [-0.2, -0.15) is 8.78 Å². The average Bonchev–Trinajstić information content (AvgIpc) is 2.85. The Kier molecular flexibility index (Phi) is 5.91. The molecule has 1 N–H and O–H groups in total. The zero-order valence-corrected chi connectivity index (χ0v) is 18.8. The van der Waals surface area contributed by atoms with Crippen molar-refractivity contribution in [2.24, 2.45) is 0 Å². The van der Waals surface area contributed by atoms with Gasteiger partial charge >= 0.3 is 6.61 Å². The molecular weight excluding hydrogens is 466 g/mol. The van der Waals surface area contributed by atoms with Crippen LogP contribution in [0.5, 0.6) is 5.75 Å². The normalized spacial score (nSPS) is 19.5. The van der Waals surface area contributed by atoms with Crippen molar-refractivity contribution in [3.63, 3.8) is 0 Å². The smallest absolute Gasteiger partial charge is 0.387 e. The molecule has 2 bridgehead atoms. The molecule has 1 amide bonds. The number of carbonyl (C=O) groups is 1. The van der Waals surface area contributed by atoms with E-state index in [-0.39, 0.29) is 28.8 Å². The third kappa shape index (κ3) is 4.21. The molecule has 3 aromatic rings. The van der Waals surface area contributed by atoms with Crippen LogP contribution in [0.25, 0.3) is 11.0 Å². The molecule has 0 aliphatic carbocycles. The number of alkyl halides is 2. The number of hydrogen-bond acceptors (Lipinski definition) is 7. The summed E-state index contributed by atoms with van der Waals surface area (Å²) in [4.78, 5) is 29.8. The van der Waals surface area contributed by atoms with Gasteiger partial charge in [0.05, 0.1) is 10.5 Å². The van der Waals surface area contributed by atoms with E-state index in [1.54, 1.807) is 6.07 Å². The molecule has 2 atom stereocenters. The number of nitrogens with one attached hydrogen (secondary N) is 1. The highest BCUT2D eigenvalue weighted by atomic mass is 35.5. The van der Waals surface area contributed by atoms with Gasteiger partial charge in [-0.05, 0) is 49.2 Å². The van der Waals surface area contributed by atoms with Crippen molar-refractivity contribution in [1.29, 1.82) is 0 Å². The maximum Gasteiger partial charge on any atom is 0.387 e. The van der Waals surface area contributed by atoms with Crippen molar-refractivity contribution in [1.82, 2.24) is 19.9 Å². The summed E-state index contributed by atoms with van der Waals surface area (Å²) in [7, 11) is 0. The minimum absolute atomic E-state index is 0.0377. The van der Waals surface area contributed by atoms with E-state index >= 15 is 0 Å². The SMILES string of the molecule is C=CC(=O)N1C[C@@H]2CC[C@H]1CN2c1ccc2ncnc(Nc3ccc(OC(F)F)c(Cl)c3)c2n1. The number of anilines is 3. The fraction of sp³-hybridized carbons (Fsp3) is 0.304. The molecule has 6 rings (SSSR count). The molecule has 3 saturated heterocycles. The van der Waals surface area contributed by atoms with Gasteiger partial charge in [0.1, 0.15) is 23.4 Å². The zero-order chi connectivity index (χ0) is 23.8. The minimum atomic E-state index is -2.96. The largest absolute Gasteiger partial charge is 0.433 e. The number of ether oxygens (including phenoxy) is 1. The quantitative estimate of drug-likeness (QED) is 0.517. The third-order valence-corrected chi connectivity index (χ3v) is 6.45. The van der Waals surface area contributed by atoms with Crippen LogP contribution in [-0.4, -0.2) is 57.5 Å². The molecule has 176 valence electrons. The van der Waals surface area contributed by atoms with E-state index in [0.717, 1.165) is 18.7 Å². The van der Waals surface area contributed by atoms with E-state index in [0.29, 0.717) is 35.6 Å². The van der Waals surface area contributed by atoms with E-state index in [1.165, 1.54) is 24.5 Å². The van der Waals surface area contributed by atoms with Crippen LogP contribution in [0, 0.1) is 0 Å². The summed E-state index contributed by atoms with van der Waals surface area (Å²) in [6, 6.07) is 8.50. The number of piperazine rings is 1. The summed E-state index contributed by atoms with van der Waals surface area (Å²) in [5.74, 6) is 1.09. The molecule has 11 heteroatoms. The number of halogens is 3. The Morgan fingerprint density at radius 3 is 2.74 bits per heavy atom. The number of aromatic nitrogens is 3. The highest BCUT2D eigenvalue weighted by molar-refractivity contribution is 6.32. The Bertz CT molecular complexity index is 1260. The monoisotopic (exact) mass is 486 g/mol. The molecule has 5 heterocycles. The number of amides is 1. The first-order valence-corrected chi connectivity index (χ1v) is 11.1. The van der Waals surface area contributed by atoms with Gasteiger partial charge in [-0.3, -0.25) is 4.79 Å². The lowest BCUT2D eigenvalue weighted by Gasteiger charge is -2.51. The Morgan fingerprint density at radius 2 is 2.03 bits per heavy atom. The van der Waals surface area contributed by atoms with E-state index in [4.69, 9.17) is 16.6 Å². The average molecular weight is 487 g/mol. The predicted molar refractivity (Wildman–Crippen MR) is 125 cm³/mol. The number of rotatable bonds is 6. The molecule has 2 aromatic heterocycles. The number of nitrogens with zero attached hydrogens (tertiary/aromatic N) is 5. The third-order valence-electron chi connectivity index (χ3n) is 6.16. The zero-order valence-electron chi connectivity index (χ0n) is 18.0. The van der Waals surface area contributed by atoms with E-state index in [1.807, 2.05) is 17.0 Å². The number of benzene rings is 1. The number of carbonyl (C=O) groups excluding carboxylic acids is 1. The second-order valence-corrected chi connectivity index (χ2v) is 8.55. The van der Waals surface area contributed by atoms with Gasteiger partial charge in [-0.15, -0.1) is 0 Å². The maximum atomic E-state index is 12.5. The summed E-state index contributed by atoms with van der Waals surface area (Å²) in [6.07, 6.45) is 4.72. The predicted octanol–water partition coefficient (Wildman–Crippen LogP) is 4.39. The van der Waals surface area contributed by atoms with Gasteiger partial charge < -0.3 is 19.9 Å². The van der Waals surface area contributed by atoms with Crippen molar-refractivity contribution in [2.45, 2.75) is 31.5 Å². The van der Waals surface area contributed by atoms with E-state index in [2.05, 4.69) is 31.5 Å². The topological polar surface area (TPSA) is 83.5 Å². The number of piperidine rings is 2. The molecule has 1 aromatic carbocycles. The molecule has 0 spiro atoms. The standard InChI is InChI=1S/C23H21ClF2N6O2/c1-2-20(33)32-11-14-4-5-15(32)10-31(14)19-8-6-17-21(30-19)22(28-12-27-17)29-13-3-7-18(16(24)9-13)34-23(25)26/h2-3,6-9,12,14-15,23H,1,4-5,10-11H2,(H,27,28,29)/t14-,15-/m0/s1. The summed E-state index contributed by atoms with van der Waals surface area (Å²) in [5, 5.41) is 3.18. The lowest BCUT2D eigenvalue weighted by molar-refractivity contribution is -0.131. The summed E-state index contributed by atoms with van der Waals surface area (Å²) in [5.41, 5.74) is 1.74. The van der Waals surface area contributed by atoms with Gasteiger partial charge in [0.2, 0.25) is 5.91 Å². The van der Waals surface area contributed by atoms with Crippen LogP contribution < -0.4 is 15.0 Å². The molecule has 0 unspecified atom stereocenters. The Labute approximate surface area is 199 Å². The van der Waals surface area contributed by atoms with Crippen LogP contribution >= 0.6 is 11.6 Å². The van der Waals surface area contributed by atoms with Crippen molar-refractivity contribution in [3.05, 3.63) is 54.3 Å². The van der Waals surface area contributed by atoms with Crippen LogP contribution in [0.3, 0.4) is 0 Å². The first-order chi connectivity index (χ1) is 16.4. The summed E-state index contributed by atoms with van der Waals surface area (Å²) < 4.78 is 29.4. The molecule has 34 heavy (non-hydrogen) atoms. The highest BCUT2D eigenvalue weighted by Crippen LogP contribution is 2.34. The van der Waals surface area contributed by atoms with Crippen molar-refractivity contribution < 1.29 is 18.3 Å². The number of pyridine rings is 1. The fourth-order valence-electron chi connectivity index (χ4n) is 4.58. The molecule has 0 saturated carbocycles. The Balaban J connectivity index is 1.42. The first kappa shape index (κ1) is 22.3. The van der Waals surface area contributed by atoms with Crippen molar-refractivity contribution in [3.8, 4) is 5.75 Å². The highest BCUT2D eigenvalue weighted by Gasteiger charge is 2.40. The molecule has 3 aliphatic heterocycles. The molecule has 3 aliphatic rings. The van der Waals surface area contributed by atoms with Crippen LogP contribution in [0.1, 0.15) is 12.8 Å². The Hall–Kier alpha value is -3.53. The molecule has 3 fully saturated rings. The summed E-state index contributed by atoms with van der Waals surface area (Å²) >= 11 is 6.08. The number of fused-ring (bicyclic) bond motifs is 4. The summed E-state index contributed by atoms with van der Waals surface area (Å²) in [6.45, 7) is 1.98. The molecular formula is C23H21ClF2N6O2. The van der Waals surface area contributed by atoms with Crippen LogP contribution in [-0.2, 0) is 4.79 Å². The van der Waals surface area contributed by atoms with Gasteiger partial charge in [0.25, 0.3) is 0 Å². The van der Waals surface area contributed by atoms with Crippen molar-refractivity contribution in [2.75, 3.05) is 23.3 Å². The maximum absolute atomic E-state index is 12.5. The van der Waals surface area contributed by atoms with Crippen LogP contribution in [0.4, 0.5) is 26.1 Å². The minimum Gasteiger partial charge on any atom is -0.433 e. The first-order valence-electron chi connectivity index (χ1n) is 10.8. The van der Waals surface area contributed by atoms with E-state index in [9.17, 15) is 13.6 Å². The lowest BCUT2D eigenvalue weighted by atomic mass is 9.90. The van der Waals surface area contributed by atoms with Crippen molar-refractivity contribution >= 4 is 45.9 Å². The van der Waals surface area contributed by atoms with Crippen LogP contribution in [0.2, 0.25) is 5.02 Å². The lowest BCUT2D eigenvalue weighted by Crippen LogP contribution is -2.64. The Morgan fingerprint density at radius 1 is 1.21 bits per heavy atom. The second kappa shape index (κ2) is 9.02. The number of hydrogen-bond donors (Lipinski definition) is 1. The second-order valence-electron chi connectivity index (χ2n) is 8.14. The van der Waals surface area contributed by atoms with E-state index < -0.39 is 6.61 Å². The van der Waals surface area contributed by atoms with Gasteiger partial charge in [0, 0.05) is 30.9 Å². The van der Waals surface area contributed by atoms with Gasteiger partial charge in [-0.25, -0.2) is 15.0 Å². The fourth-order valence-corrected chi connectivity index (χ4v) is 4.81. The van der Waals surface area contributed by atoms with Crippen LogP contribution in [0.15, 0.2) is 49.3 Å². The molecule has 8 nitrogen and oxygen atoms in total. The van der Waals surface area contributed by atoms with Gasteiger partial charge in [-0.1, -0.05) is 18.2 Å². The molecule has 0 radical (unpaired) electrons.